The molecule has 262 valence electrons. The maximum Gasteiger partial charge on any atom is 0.263 e. The lowest BCUT2D eigenvalue weighted by Crippen LogP contribution is -2.53. The van der Waals surface area contributed by atoms with Gasteiger partial charge in [-0.05, 0) is 118 Å². The number of carbonyl (C=O) groups excluding carboxylic acids is 1. The number of nitrogens with zero attached hydrogens (tertiary/aromatic N) is 2. The molecule has 0 aromatic heterocycles. The average molecular weight is 698 g/mol. The first-order valence-electron chi connectivity index (χ1n) is 18.2. The van der Waals surface area contributed by atoms with E-state index in [2.05, 4.69) is 40.5 Å². The summed E-state index contributed by atoms with van der Waals surface area (Å²) in [7, 11) is -1.47. The quantitative estimate of drug-likeness (QED) is 0.287. The van der Waals surface area contributed by atoms with Gasteiger partial charge in [-0.15, -0.1) is 0 Å². The highest BCUT2D eigenvalue weighted by atomic mass is 35.5. The molecule has 6 atom stereocenters. The minimum absolute atomic E-state index is 0.125. The fourth-order valence-electron chi connectivity index (χ4n) is 8.46. The van der Waals surface area contributed by atoms with Gasteiger partial charge in [0.15, 0.2) is 6.29 Å². The predicted molar refractivity (Wildman–Crippen MR) is 191 cm³/mol. The van der Waals surface area contributed by atoms with Gasteiger partial charge in [0, 0.05) is 35.5 Å². The molecular formula is C38H52ClN3O5S. The first kappa shape index (κ1) is 34.3. The second kappa shape index (κ2) is 14.6. The number of amides is 1. The summed E-state index contributed by atoms with van der Waals surface area (Å²) in [4.78, 5) is 18.4. The van der Waals surface area contributed by atoms with Crippen molar-refractivity contribution >= 4 is 34.2 Å². The molecule has 0 radical (unpaired) electrons. The number of anilines is 1. The van der Waals surface area contributed by atoms with Gasteiger partial charge >= 0.3 is 0 Å². The number of hydrogen-bond acceptors (Lipinski definition) is 7. The maximum absolute atomic E-state index is 13.5. The van der Waals surface area contributed by atoms with Crippen LogP contribution in [0.5, 0.6) is 5.75 Å². The first-order valence-corrected chi connectivity index (χ1v) is 19.8. The fraction of sp³-hybridized carbons (Fsp3) is 0.658. The monoisotopic (exact) mass is 697 g/mol. The van der Waals surface area contributed by atoms with Crippen LogP contribution in [0.15, 0.2) is 36.4 Å². The second-order valence-corrected chi connectivity index (χ2v) is 17.1. The Balaban J connectivity index is 1.10. The van der Waals surface area contributed by atoms with E-state index in [9.17, 15) is 9.00 Å². The molecule has 5 aliphatic rings. The number of hydrogen-bond donors (Lipinski definition) is 1. The van der Waals surface area contributed by atoms with Crippen molar-refractivity contribution in [3.63, 3.8) is 0 Å². The zero-order chi connectivity index (χ0) is 33.4. The molecule has 1 amide bonds. The number of nitrogens with one attached hydrogen (secondary N) is 1. The van der Waals surface area contributed by atoms with E-state index < -0.39 is 11.0 Å². The third-order valence-corrected chi connectivity index (χ3v) is 13.8. The zero-order valence-corrected chi connectivity index (χ0v) is 30.3. The normalized spacial score (nSPS) is 30.2. The number of halogens is 1. The highest BCUT2D eigenvalue weighted by Crippen LogP contribution is 2.47. The molecule has 0 bridgehead atoms. The molecule has 1 spiro atoms. The van der Waals surface area contributed by atoms with E-state index in [0.717, 1.165) is 94.4 Å². The third-order valence-electron chi connectivity index (χ3n) is 12.0. The molecule has 10 heteroatoms. The summed E-state index contributed by atoms with van der Waals surface area (Å²) >= 11 is 6.42. The molecule has 3 fully saturated rings. The summed E-state index contributed by atoms with van der Waals surface area (Å²) in [5, 5.41) is 0.646. The summed E-state index contributed by atoms with van der Waals surface area (Å²) in [6, 6.07) is 12.4. The van der Waals surface area contributed by atoms with Gasteiger partial charge in [0.2, 0.25) is 0 Å². The van der Waals surface area contributed by atoms with Crippen molar-refractivity contribution in [1.29, 1.82) is 0 Å². The Morgan fingerprint density at radius 3 is 2.60 bits per heavy atom. The lowest BCUT2D eigenvalue weighted by molar-refractivity contribution is -0.220. The van der Waals surface area contributed by atoms with E-state index in [1.807, 2.05) is 25.1 Å². The summed E-state index contributed by atoms with van der Waals surface area (Å²) in [5.74, 6) is 1.76. The van der Waals surface area contributed by atoms with Crippen LogP contribution < -0.4 is 14.4 Å². The number of ether oxygens (including phenoxy) is 3. The van der Waals surface area contributed by atoms with Gasteiger partial charge in [0.1, 0.15) is 16.7 Å². The number of carbonyl (C=O) groups is 1. The Labute approximate surface area is 293 Å². The van der Waals surface area contributed by atoms with Gasteiger partial charge in [-0.25, -0.2) is 4.21 Å². The van der Waals surface area contributed by atoms with Crippen LogP contribution in [0, 0.1) is 17.8 Å². The second-order valence-electron chi connectivity index (χ2n) is 15.1. The zero-order valence-electron chi connectivity index (χ0n) is 28.8. The number of rotatable bonds is 11. The van der Waals surface area contributed by atoms with Crippen LogP contribution in [0.25, 0.3) is 0 Å². The molecule has 1 N–H and O–H groups in total. The Bertz CT molecular complexity index is 1500. The first-order chi connectivity index (χ1) is 23.2. The minimum atomic E-state index is -1.47. The van der Waals surface area contributed by atoms with Crippen LogP contribution in [0.4, 0.5) is 5.69 Å². The molecule has 3 heterocycles. The van der Waals surface area contributed by atoms with Gasteiger partial charge in [-0.1, -0.05) is 37.9 Å². The van der Waals surface area contributed by atoms with E-state index in [-0.39, 0.29) is 28.8 Å². The number of benzene rings is 2. The van der Waals surface area contributed by atoms with Crippen molar-refractivity contribution in [2.75, 3.05) is 50.9 Å². The SMILES string of the molecule is CCCC(C)C(C)S(=O)NC(=O)c1ccc2c(c1)N(CC1CCC1CC1OCC(N3CCC3)CO1)CC1(CCc3cc(Cl)ccc31)CO2. The van der Waals surface area contributed by atoms with Gasteiger partial charge in [-0.3, -0.25) is 14.4 Å². The maximum atomic E-state index is 13.5. The van der Waals surface area contributed by atoms with E-state index in [1.54, 1.807) is 6.07 Å². The molecule has 2 aromatic carbocycles. The smallest absolute Gasteiger partial charge is 0.263 e. The van der Waals surface area contributed by atoms with Crippen LogP contribution in [0.2, 0.25) is 5.02 Å². The summed E-state index contributed by atoms with van der Waals surface area (Å²) in [5.41, 5.74) is 3.89. The molecule has 7 rings (SSSR count). The van der Waals surface area contributed by atoms with Gasteiger partial charge < -0.3 is 19.1 Å². The minimum Gasteiger partial charge on any atom is -0.490 e. The Morgan fingerprint density at radius 2 is 1.90 bits per heavy atom. The van der Waals surface area contributed by atoms with E-state index in [1.165, 1.54) is 24.0 Å². The van der Waals surface area contributed by atoms with Crippen LogP contribution in [0.3, 0.4) is 0 Å². The van der Waals surface area contributed by atoms with Crippen molar-refractivity contribution in [3.8, 4) is 5.75 Å². The molecule has 1 saturated carbocycles. The molecule has 8 nitrogen and oxygen atoms in total. The summed E-state index contributed by atoms with van der Waals surface area (Å²) in [6.07, 6.45) is 8.36. The topological polar surface area (TPSA) is 80.3 Å². The molecule has 2 aliphatic carbocycles. The van der Waals surface area contributed by atoms with E-state index >= 15 is 0 Å². The summed E-state index contributed by atoms with van der Waals surface area (Å²) < 4.78 is 35.0. The van der Waals surface area contributed by atoms with E-state index in [0.29, 0.717) is 30.0 Å². The van der Waals surface area contributed by atoms with Gasteiger partial charge in [-0.2, -0.15) is 0 Å². The van der Waals surface area contributed by atoms with Crippen LogP contribution in [-0.2, 0) is 32.3 Å². The molecule has 2 saturated heterocycles. The Hall–Kier alpha value is -2.17. The van der Waals surface area contributed by atoms with Gasteiger partial charge in [0.05, 0.1) is 36.8 Å². The van der Waals surface area contributed by atoms with E-state index in [4.69, 9.17) is 25.8 Å². The van der Waals surface area contributed by atoms with Crippen molar-refractivity contribution in [2.45, 2.75) is 95.1 Å². The third kappa shape index (κ3) is 7.05. The summed E-state index contributed by atoms with van der Waals surface area (Å²) in [6.45, 7) is 12.3. The number of fused-ring (bicyclic) bond motifs is 3. The molecular weight excluding hydrogens is 646 g/mol. The van der Waals surface area contributed by atoms with Crippen molar-refractivity contribution in [1.82, 2.24) is 9.62 Å². The van der Waals surface area contributed by atoms with Crippen molar-refractivity contribution in [2.24, 2.45) is 17.8 Å². The number of aryl methyl sites for hydroxylation is 1. The van der Waals surface area contributed by atoms with Crippen LogP contribution >= 0.6 is 11.6 Å². The standard InChI is InChI=1S/C38H52ClN3O5S/c1-4-6-25(2)26(3)48(44)40-37(43)29-9-12-35-34(18-29)42(23-38(24-47-35)14-13-28-17-31(39)10-11-33(28)38)20-30-8-7-27(30)19-36-45-21-32(22-46-36)41-15-5-16-41/h9-12,17-18,25-27,30,32,36H,4-8,13-16,19-24H2,1-3H3,(H,40,43). The highest BCUT2D eigenvalue weighted by molar-refractivity contribution is 7.84. The lowest BCUT2D eigenvalue weighted by atomic mass is 9.71. The van der Waals surface area contributed by atoms with Crippen molar-refractivity contribution < 1.29 is 23.2 Å². The number of likely N-dealkylation sites (tertiary alicyclic amines) is 1. The van der Waals surface area contributed by atoms with Crippen LogP contribution in [0.1, 0.15) is 87.2 Å². The molecule has 6 unspecified atom stereocenters. The van der Waals surface area contributed by atoms with Crippen molar-refractivity contribution in [3.05, 3.63) is 58.1 Å². The molecule has 3 aliphatic heterocycles. The fourth-order valence-corrected chi connectivity index (χ4v) is 9.70. The molecule has 2 aromatic rings. The predicted octanol–water partition coefficient (Wildman–Crippen LogP) is 6.50. The Kier molecular flexibility index (Phi) is 10.4. The van der Waals surface area contributed by atoms with Crippen LogP contribution in [-0.4, -0.2) is 78.6 Å². The van der Waals surface area contributed by atoms with Gasteiger partial charge in [0.25, 0.3) is 5.91 Å². The largest absolute Gasteiger partial charge is 0.490 e. The highest BCUT2D eigenvalue weighted by Gasteiger charge is 2.45. The molecule has 48 heavy (non-hydrogen) atoms. The lowest BCUT2D eigenvalue weighted by Gasteiger charge is -2.45. The average Bonchev–Trinajstić information content (AvgIpc) is 3.31. The Morgan fingerprint density at radius 1 is 1.10 bits per heavy atom.